The summed E-state index contributed by atoms with van der Waals surface area (Å²) in [6, 6.07) is 19.5. The summed E-state index contributed by atoms with van der Waals surface area (Å²) in [6.45, 7) is 1.96. The molecule has 0 spiro atoms. The highest BCUT2D eigenvalue weighted by Gasteiger charge is 2.13. The number of hydrogen-bond donors (Lipinski definition) is 0. The van der Waals surface area contributed by atoms with Crippen molar-refractivity contribution in [1.29, 1.82) is 0 Å². The first-order valence-electron chi connectivity index (χ1n) is 8.15. The Morgan fingerprint density at radius 2 is 1.84 bits per heavy atom. The summed E-state index contributed by atoms with van der Waals surface area (Å²) in [5.74, 6) is 1.35. The number of hydrogen-bond acceptors (Lipinski definition) is 3. The van der Waals surface area contributed by atoms with Crippen LogP contribution in [0.3, 0.4) is 0 Å². The van der Waals surface area contributed by atoms with E-state index in [1.165, 1.54) is 0 Å². The van der Waals surface area contributed by atoms with Crippen LogP contribution in [-0.2, 0) is 0 Å². The molecule has 0 aliphatic rings. The van der Waals surface area contributed by atoms with Gasteiger partial charge in [0.15, 0.2) is 5.78 Å². The van der Waals surface area contributed by atoms with E-state index in [0.717, 1.165) is 22.1 Å². The first-order chi connectivity index (χ1) is 12.2. The van der Waals surface area contributed by atoms with Crippen molar-refractivity contribution in [2.75, 3.05) is 13.7 Å². The van der Waals surface area contributed by atoms with Gasteiger partial charge in [-0.3, -0.25) is 4.79 Å². The quantitative estimate of drug-likeness (QED) is 0.586. The molecule has 0 aliphatic heterocycles. The molecule has 3 aromatic carbocycles. The van der Waals surface area contributed by atoms with E-state index in [-0.39, 0.29) is 5.78 Å². The monoisotopic (exact) mass is 332 g/mol. The average Bonchev–Trinajstić information content (AvgIpc) is 2.65. The van der Waals surface area contributed by atoms with Gasteiger partial charge in [0.25, 0.3) is 0 Å². The van der Waals surface area contributed by atoms with E-state index in [2.05, 4.69) is 0 Å². The zero-order chi connectivity index (χ0) is 17.6. The molecule has 0 amide bonds. The molecule has 0 N–H and O–H groups in total. The summed E-state index contributed by atoms with van der Waals surface area (Å²) in [5, 5.41) is 1.83. The number of methoxy groups -OCH3 is 1. The minimum absolute atomic E-state index is 0.0159. The van der Waals surface area contributed by atoms with E-state index >= 15 is 0 Å². The normalized spacial score (nSPS) is 11.0. The van der Waals surface area contributed by atoms with E-state index < -0.39 is 0 Å². The van der Waals surface area contributed by atoms with Crippen LogP contribution in [0.2, 0.25) is 0 Å². The van der Waals surface area contributed by atoms with Gasteiger partial charge in [0.2, 0.25) is 0 Å². The highest BCUT2D eigenvalue weighted by atomic mass is 16.5. The third-order valence-electron chi connectivity index (χ3n) is 3.99. The molecule has 0 unspecified atom stereocenters. The third-order valence-corrected chi connectivity index (χ3v) is 3.99. The molecule has 0 fully saturated rings. The van der Waals surface area contributed by atoms with Gasteiger partial charge in [-0.1, -0.05) is 42.5 Å². The van der Waals surface area contributed by atoms with Crippen LogP contribution in [0.5, 0.6) is 11.5 Å². The molecule has 126 valence electrons. The Bertz CT molecular complexity index is 911. The molecular formula is C22H20O3. The van der Waals surface area contributed by atoms with Gasteiger partial charge in [-0.05, 0) is 53.6 Å². The summed E-state index contributed by atoms with van der Waals surface area (Å²) < 4.78 is 11.1. The molecule has 0 saturated heterocycles. The van der Waals surface area contributed by atoms with Gasteiger partial charge in [0, 0.05) is 0 Å². The summed E-state index contributed by atoms with van der Waals surface area (Å²) in [4.78, 5) is 12.2. The van der Waals surface area contributed by atoms with Crippen LogP contribution in [0.25, 0.3) is 16.8 Å². The van der Waals surface area contributed by atoms with Gasteiger partial charge in [-0.2, -0.15) is 0 Å². The SMILES string of the molecule is COc1ccc2c(C(C)=O)c(OC/C=C/c3ccccc3)ccc2c1. The fourth-order valence-electron chi connectivity index (χ4n) is 2.78. The topological polar surface area (TPSA) is 35.5 Å². The van der Waals surface area contributed by atoms with Crippen molar-refractivity contribution in [3.63, 3.8) is 0 Å². The molecule has 0 saturated carbocycles. The summed E-state index contributed by atoms with van der Waals surface area (Å²) >= 11 is 0. The second kappa shape index (κ2) is 7.67. The minimum Gasteiger partial charge on any atom is -0.497 e. The Kier molecular flexibility index (Phi) is 5.14. The van der Waals surface area contributed by atoms with Gasteiger partial charge >= 0.3 is 0 Å². The largest absolute Gasteiger partial charge is 0.497 e. The van der Waals surface area contributed by atoms with E-state index in [1.54, 1.807) is 14.0 Å². The van der Waals surface area contributed by atoms with Crippen LogP contribution in [0.15, 0.2) is 66.7 Å². The van der Waals surface area contributed by atoms with Crippen molar-refractivity contribution in [3.8, 4) is 11.5 Å². The Hall–Kier alpha value is -3.07. The molecule has 3 nitrogen and oxygen atoms in total. The number of fused-ring (bicyclic) bond motifs is 1. The number of ketones is 1. The Labute approximate surface area is 147 Å². The molecule has 25 heavy (non-hydrogen) atoms. The number of Topliss-reactive ketones (excluding diaryl/α,β-unsaturated/α-hetero) is 1. The number of rotatable bonds is 6. The number of ether oxygens (including phenoxy) is 2. The van der Waals surface area contributed by atoms with Crippen LogP contribution >= 0.6 is 0 Å². The average molecular weight is 332 g/mol. The van der Waals surface area contributed by atoms with Gasteiger partial charge in [-0.25, -0.2) is 0 Å². The Morgan fingerprint density at radius 3 is 2.56 bits per heavy atom. The van der Waals surface area contributed by atoms with Crippen LogP contribution in [-0.4, -0.2) is 19.5 Å². The zero-order valence-electron chi connectivity index (χ0n) is 14.4. The number of carbonyl (C=O) groups excluding carboxylic acids is 1. The lowest BCUT2D eigenvalue weighted by atomic mass is 10.0. The maximum absolute atomic E-state index is 12.2. The predicted octanol–water partition coefficient (Wildman–Crippen LogP) is 5.14. The van der Waals surface area contributed by atoms with Crippen molar-refractivity contribution >= 4 is 22.6 Å². The van der Waals surface area contributed by atoms with Gasteiger partial charge in [0.05, 0.1) is 12.7 Å². The second-order valence-electron chi connectivity index (χ2n) is 5.71. The third kappa shape index (κ3) is 3.89. The fraction of sp³-hybridized carbons (Fsp3) is 0.136. The van der Waals surface area contributed by atoms with Crippen molar-refractivity contribution in [2.24, 2.45) is 0 Å². The van der Waals surface area contributed by atoms with E-state index in [0.29, 0.717) is 17.9 Å². The lowest BCUT2D eigenvalue weighted by Gasteiger charge is -2.12. The van der Waals surface area contributed by atoms with Crippen molar-refractivity contribution in [2.45, 2.75) is 6.92 Å². The molecular weight excluding hydrogens is 312 g/mol. The van der Waals surface area contributed by atoms with Gasteiger partial charge in [-0.15, -0.1) is 0 Å². The van der Waals surface area contributed by atoms with E-state index in [9.17, 15) is 4.79 Å². The number of carbonyl (C=O) groups is 1. The molecule has 0 aliphatic carbocycles. The predicted molar refractivity (Wildman–Crippen MR) is 101 cm³/mol. The summed E-state index contributed by atoms with van der Waals surface area (Å²) in [5.41, 5.74) is 1.72. The Morgan fingerprint density at radius 1 is 1.04 bits per heavy atom. The van der Waals surface area contributed by atoms with Crippen LogP contribution in [0, 0.1) is 0 Å². The lowest BCUT2D eigenvalue weighted by molar-refractivity contribution is 0.101. The van der Waals surface area contributed by atoms with Gasteiger partial charge < -0.3 is 9.47 Å². The molecule has 3 heteroatoms. The lowest BCUT2D eigenvalue weighted by Crippen LogP contribution is -2.02. The molecule has 0 bridgehead atoms. The highest BCUT2D eigenvalue weighted by Crippen LogP contribution is 2.31. The second-order valence-corrected chi connectivity index (χ2v) is 5.71. The standard InChI is InChI=1S/C22H20O3/c1-16(23)22-20-12-11-19(24-2)15-18(20)10-13-21(22)25-14-6-9-17-7-4-3-5-8-17/h3-13,15H,14H2,1-2H3/b9-6+. The maximum atomic E-state index is 12.2. The summed E-state index contributed by atoms with van der Waals surface area (Å²) in [6.07, 6.45) is 3.94. The smallest absolute Gasteiger partial charge is 0.164 e. The fourth-order valence-corrected chi connectivity index (χ4v) is 2.78. The van der Waals surface area contributed by atoms with E-state index in [4.69, 9.17) is 9.47 Å². The van der Waals surface area contributed by atoms with Crippen molar-refractivity contribution in [3.05, 3.63) is 77.9 Å². The first-order valence-corrected chi connectivity index (χ1v) is 8.15. The van der Waals surface area contributed by atoms with E-state index in [1.807, 2.05) is 72.8 Å². The zero-order valence-corrected chi connectivity index (χ0v) is 14.4. The molecule has 0 aromatic heterocycles. The van der Waals surface area contributed by atoms with Crippen LogP contribution in [0.1, 0.15) is 22.8 Å². The van der Waals surface area contributed by atoms with Crippen molar-refractivity contribution in [1.82, 2.24) is 0 Å². The minimum atomic E-state index is -0.0159. The Balaban J connectivity index is 1.84. The van der Waals surface area contributed by atoms with Crippen molar-refractivity contribution < 1.29 is 14.3 Å². The summed E-state index contributed by atoms with van der Waals surface area (Å²) in [7, 11) is 1.63. The highest BCUT2D eigenvalue weighted by molar-refractivity contribution is 6.09. The molecule has 0 atom stereocenters. The maximum Gasteiger partial charge on any atom is 0.164 e. The van der Waals surface area contributed by atoms with Crippen LogP contribution in [0.4, 0.5) is 0 Å². The number of benzene rings is 3. The molecule has 0 heterocycles. The molecule has 0 radical (unpaired) electrons. The van der Waals surface area contributed by atoms with Crippen LogP contribution < -0.4 is 9.47 Å². The molecule has 3 rings (SSSR count). The van der Waals surface area contributed by atoms with Gasteiger partial charge in [0.1, 0.15) is 18.1 Å². The first kappa shape index (κ1) is 16.8. The molecule has 3 aromatic rings.